The zero-order chi connectivity index (χ0) is 8.63. The summed E-state index contributed by atoms with van der Waals surface area (Å²) in [4.78, 5) is 7.85. The summed E-state index contributed by atoms with van der Waals surface area (Å²) in [6.07, 6.45) is 3.11. The highest BCUT2D eigenvalue weighted by atomic mass is 31.2. The van der Waals surface area contributed by atoms with Gasteiger partial charge in [0.2, 0.25) is 7.14 Å². The molecule has 5 rings (SSSR count). The Morgan fingerprint density at radius 3 is 2.77 bits per heavy atom. The fraction of sp³-hybridized carbons (Fsp3) is 0. The molecule has 0 amide bonds. The summed E-state index contributed by atoms with van der Waals surface area (Å²) in [5.74, 6) is 0.690. The van der Waals surface area contributed by atoms with E-state index in [4.69, 9.17) is 4.42 Å². The minimum absolute atomic E-state index is 0.690. The second kappa shape index (κ2) is 1.49. The SMILES string of the molecule is O=P12c3oc(-c4ccncn4)c1c32. The monoisotopic (exact) mass is 190 g/mol. The molecule has 4 nitrogen and oxygen atoms in total. The van der Waals surface area contributed by atoms with Crippen molar-refractivity contribution < 1.29 is 8.98 Å². The van der Waals surface area contributed by atoms with Crippen LogP contribution >= 0.6 is 7.14 Å². The minimum Gasteiger partial charge on any atom is -0.449 e. The van der Waals surface area contributed by atoms with Gasteiger partial charge in [-0.2, -0.15) is 0 Å². The molecule has 5 heteroatoms. The van der Waals surface area contributed by atoms with Gasteiger partial charge in [0, 0.05) is 6.20 Å². The van der Waals surface area contributed by atoms with Crippen LogP contribution in [0, 0.1) is 0 Å². The van der Waals surface area contributed by atoms with Crippen molar-refractivity contribution in [2.45, 2.75) is 0 Å². The number of fused-ring (bicyclic) bond motifs is 1. The Balaban J connectivity index is 2.00. The Kier molecular flexibility index (Phi) is 0.699. The molecule has 3 aliphatic heterocycles. The minimum atomic E-state index is -2.08. The van der Waals surface area contributed by atoms with Crippen molar-refractivity contribution in [3.8, 4) is 11.5 Å². The first-order valence-corrected chi connectivity index (χ1v) is 5.59. The van der Waals surface area contributed by atoms with Gasteiger partial charge in [-0.1, -0.05) is 0 Å². The van der Waals surface area contributed by atoms with Crippen molar-refractivity contribution in [2.24, 2.45) is 0 Å². The van der Waals surface area contributed by atoms with Crippen molar-refractivity contribution in [1.82, 2.24) is 9.97 Å². The molecule has 2 aromatic rings. The lowest BCUT2D eigenvalue weighted by Gasteiger charge is -1.90. The number of hydrogen-bond donors (Lipinski definition) is 0. The Morgan fingerprint density at radius 1 is 1.38 bits per heavy atom. The molecule has 13 heavy (non-hydrogen) atoms. The molecule has 1 unspecified atom stereocenters. The highest BCUT2D eigenvalue weighted by Gasteiger charge is 2.74. The Hall–Kier alpha value is -1.41. The van der Waals surface area contributed by atoms with Gasteiger partial charge in [0.15, 0.2) is 11.3 Å². The van der Waals surface area contributed by atoms with E-state index in [2.05, 4.69) is 9.97 Å². The van der Waals surface area contributed by atoms with Gasteiger partial charge in [-0.05, 0) is 6.07 Å². The van der Waals surface area contributed by atoms with Crippen LogP contribution in [0.15, 0.2) is 23.0 Å². The van der Waals surface area contributed by atoms with Gasteiger partial charge in [0.05, 0.1) is 10.6 Å². The van der Waals surface area contributed by atoms with Crippen LogP contribution in [0.5, 0.6) is 0 Å². The van der Waals surface area contributed by atoms with Crippen LogP contribution in [0.2, 0.25) is 0 Å². The smallest absolute Gasteiger partial charge is 0.214 e. The molecule has 0 aromatic carbocycles. The molecule has 0 N–H and O–H groups in total. The third-order valence-electron chi connectivity index (χ3n) is 2.47. The highest BCUT2D eigenvalue weighted by molar-refractivity contribution is 8.06. The van der Waals surface area contributed by atoms with Crippen LogP contribution in [0.1, 0.15) is 0 Å². The maximum atomic E-state index is 11.6. The molecule has 0 spiro atoms. The van der Waals surface area contributed by atoms with Crippen molar-refractivity contribution in [3.63, 3.8) is 0 Å². The van der Waals surface area contributed by atoms with E-state index >= 15 is 0 Å². The van der Waals surface area contributed by atoms with Crippen LogP contribution in [0.25, 0.3) is 11.5 Å². The average molecular weight is 190 g/mol. The third-order valence-corrected chi connectivity index (χ3v) is 5.02. The fourth-order valence-electron chi connectivity index (χ4n) is 1.70. The predicted octanol–water partition coefficient (Wildman–Crippen LogP) is 0.00280. The van der Waals surface area contributed by atoms with E-state index in [1.807, 2.05) is 0 Å². The number of rotatable bonds is 1. The van der Waals surface area contributed by atoms with E-state index in [1.54, 1.807) is 12.3 Å². The van der Waals surface area contributed by atoms with E-state index in [9.17, 15) is 4.57 Å². The second-order valence-electron chi connectivity index (χ2n) is 3.14. The first-order valence-electron chi connectivity index (χ1n) is 3.88. The normalized spacial score (nSPS) is 25.5. The summed E-state index contributed by atoms with van der Waals surface area (Å²) < 4.78 is 17.0. The van der Waals surface area contributed by atoms with Crippen molar-refractivity contribution >= 4 is 23.3 Å². The highest BCUT2D eigenvalue weighted by Crippen LogP contribution is 2.70. The van der Waals surface area contributed by atoms with Crippen LogP contribution in [0.3, 0.4) is 0 Å². The zero-order valence-electron chi connectivity index (χ0n) is 6.39. The van der Waals surface area contributed by atoms with Crippen molar-refractivity contribution in [1.29, 1.82) is 0 Å². The van der Waals surface area contributed by atoms with E-state index in [1.165, 1.54) is 6.33 Å². The predicted molar refractivity (Wildman–Crippen MR) is 46.2 cm³/mol. The lowest BCUT2D eigenvalue weighted by molar-refractivity contribution is 0.590. The van der Waals surface area contributed by atoms with Gasteiger partial charge in [-0.3, -0.25) is 0 Å². The summed E-state index contributed by atoms with van der Waals surface area (Å²) in [7, 11) is -2.08. The van der Waals surface area contributed by atoms with Gasteiger partial charge >= 0.3 is 0 Å². The summed E-state index contributed by atoms with van der Waals surface area (Å²) in [5.41, 5.74) is 1.45. The van der Waals surface area contributed by atoms with Gasteiger partial charge in [0.1, 0.15) is 12.0 Å². The van der Waals surface area contributed by atoms with E-state index in [0.29, 0.717) is 5.76 Å². The van der Waals surface area contributed by atoms with Gasteiger partial charge in [-0.25, -0.2) is 9.97 Å². The van der Waals surface area contributed by atoms with Gasteiger partial charge < -0.3 is 8.98 Å². The largest absolute Gasteiger partial charge is 0.449 e. The molecule has 1 atom stereocenters. The van der Waals surface area contributed by atoms with Crippen LogP contribution in [-0.2, 0) is 4.57 Å². The molecular formula is C8H3N2O2P. The second-order valence-corrected chi connectivity index (χ2v) is 5.66. The summed E-state index contributed by atoms with van der Waals surface area (Å²) in [6.45, 7) is 0. The van der Waals surface area contributed by atoms with Crippen molar-refractivity contribution in [2.75, 3.05) is 0 Å². The van der Waals surface area contributed by atoms with Crippen LogP contribution < -0.4 is 16.1 Å². The topological polar surface area (TPSA) is 56.0 Å². The van der Waals surface area contributed by atoms with E-state index in [-0.39, 0.29) is 0 Å². The van der Waals surface area contributed by atoms with Crippen LogP contribution in [-0.4, -0.2) is 9.97 Å². The maximum Gasteiger partial charge on any atom is 0.214 e. The Labute approximate surface area is 73.0 Å². The molecule has 62 valence electrons. The number of furan rings is 1. The van der Waals surface area contributed by atoms with Gasteiger partial charge in [-0.15, -0.1) is 0 Å². The maximum absolute atomic E-state index is 11.6. The molecule has 2 aromatic heterocycles. The Morgan fingerprint density at radius 2 is 2.23 bits per heavy atom. The van der Waals surface area contributed by atoms with Crippen LogP contribution in [0.4, 0.5) is 0 Å². The molecule has 5 heterocycles. The molecular weight excluding hydrogens is 187 g/mol. The fourth-order valence-corrected chi connectivity index (χ4v) is 4.19. The summed E-state index contributed by atoms with van der Waals surface area (Å²) in [5, 5.41) is 1.89. The summed E-state index contributed by atoms with van der Waals surface area (Å²) in [6, 6.07) is 1.76. The molecule has 0 aliphatic carbocycles. The molecule has 0 saturated carbocycles. The molecule has 3 aliphatic rings. The molecule has 0 saturated heterocycles. The third kappa shape index (κ3) is 0.474. The molecule has 2 bridgehead atoms. The Bertz CT molecular complexity index is 579. The summed E-state index contributed by atoms with van der Waals surface area (Å²) >= 11 is 0. The molecule has 0 fully saturated rings. The number of nitrogens with zero attached hydrogens (tertiary/aromatic N) is 2. The van der Waals surface area contributed by atoms with Crippen molar-refractivity contribution in [3.05, 3.63) is 18.6 Å². The first kappa shape index (κ1) is 6.11. The lowest BCUT2D eigenvalue weighted by Crippen LogP contribution is -1.96. The number of hydrogen-bond acceptors (Lipinski definition) is 4. The lowest BCUT2D eigenvalue weighted by atomic mass is 10.3. The standard InChI is InChI=1S/C8H3N2O2P/c11-13-6-5(12-8(13)7(6)13)4-1-2-9-3-10-4/h1-3H. The first-order chi connectivity index (χ1) is 6.33. The average Bonchev–Trinajstić information content (AvgIpc) is 2.82. The van der Waals surface area contributed by atoms with E-state index in [0.717, 1.165) is 21.8 Å². The van der Waals surface area contributed by atoms with Gasteiger partial charge in [0.25, 0.3) is 0 Å². The molecule has 0 radical (unpaired) electrons. The zero-order valence-corrected chi connectivity index (χ0v) is 7.28. The van der Waals surface area contributed by atoms with E-state index < -0.39 is 7.14 Å². The number of aromatic nitrogens is 2. The quantitative estimate of drug-likeness (QED) is 0.396.